The molecule has 0 saturated heterocycles. The van der Waals surface area contributed by atoms with Crippen LogP contribution in [0.2, 0.25) is 5.02 Å². The van der Waals surface area contributed by atoms with Crippen LogP contribution in [0.5, 0.6) is 0 Å². The quantitative estimate of drug-likeness (QED) is 0.252. The van der Waals surface area contributed by atoms with E-state index >= 15 is 0 Å². The Hall–Kier alpha value is -3.84. The first-order valence-electron chi connectivity index (χ1n) is 9.72. The van der Waals surface area contributed by atoms with Gasteiger partial charge in [0, 0.05) is 47.6 Å². The van der Waals surface area contributed by atoms with Gasteiger partial charge in [-0.2, -0.15) is 5.10 Å². The molecule has 0 amide bonds. The number of rotatable bonds is 6. The second-order valence-electron chi connectivity index (χ2n) is 7.29. The second kappa shape index (κ2) is 9.11. The molecule has 6 nitrogen and oxygen atoms in total. The molecule has 1 aromatic carbocycles. The van der Waals surface area contributed by atoms with Gasteiger partial charge < -0.3 is 4.90 Å². The monoisotopic (exact) mass is 447 g/mol. The molecule has 32 heavy (non-hydrogen) atoms. The van der Waals surface area contributed by atoms with Crippen LogP contribution in [-0.4, -0.2) is 45.4 Å². The van der Waals surface area contributed by atoms with Crippen LogP contribution in [0.3, 0.4) is 0 Å². The molecule has 0 aliphatic carbocycles. The lowest BCUT2D eigenvalue weighted by atomic mass is 10.0. The topological polar surface area (TPSA) is 74.8 Å². The first-order chi connectivity index (χ1) is 15.5. The molecule has 0 atom stereocenters. The maximum atomic E-state index is 14.4. The van der Waals surface area contributed by atoms with Gasteiger partial charge in [0.1, 0.15) is 5.82 Å². The van der Waals surface area contributed by atoms with Crippen molar-refractivity contribution < 1.29 is 9.18 Å². The summed E-state index contributed by atoms with van der Waals surface area (Å²) in [5.74, 6) is -0.420. The van der Waals surface area contributed by atoms with Gasteiger partial charge in [0.25, 0.3) is 0 Å². The fraction of sp³-hybridized carbons (Fsp3) is 0.0833. The number of aromatic nitrogens is 4. The smallest absolute Gasteiger partial charge is 0.150 e. The number of H-pyrrole nitrogens is 1. The lowest BCUT2D eigenvalue weighted by molar-refractivity contribution is -0.103. The average molecular weight is 448 g/mol. The van der Waals surface area contributed by atoms with Crippen molar-refractivity contribution in [2.45, 2.75) is 0 Å². The minimum absolute atomic E-state index is 0.303. The van der Waals surface area contributed by atoms with E-state index in [1.165, 1.54) is 18.2 Å². The fourth-order valence-electron chi connectivity index (χ4n) is 3.21. The number of carbonyl (C=O) groups excluding carboxylic acids is 1. The van der Waals surface area contributed by atoms with Crippen LogP contribution >= 0.6 is 11.6 Å². The lowest BCUT2D eigenvalue weighted by Crippen LogP contribution is -1.99. The molecule has 160 valence electrons. The van der Waals surface area contributed by atoms with E-state index in [1.807, 2.05) is 31.3 Å². The number of nitrogens with zero attached hydrogens (tertiary/aromatic N) is 4. The highest BCUT2D eigenvalue weighted by atomic mass is 35.5. The van der Waals surface area contributed by atoms with Gasteiger partial charge in [-0.1, -0.05) is 11.6 Å². The molecule has 0 bridgehead atoms. The summed E-state index contributed by atoms with van der Waals surface area (Å²) < 4.78 is 14.4. The van der Waals surface area contributed by atoms with E-state index in [9.17, 15) is 9.18 Å². The van der Waals surface area contributed by atoms with Crippen LogP contribution in [0.4, 0.5) is 4.39 Å². The Morgan fingerprint density at radius 2 is 1.94 bits per heavy atom. The summed E-state index contributed by atoms with van der Waals surface area (Å²) in [6.45, 7) is 0. The minimum atomic E-state index is -0.420. The zero-order valence-electron chi connectivity index (χ0n) is 17.4. The van der Waals surface area contributed by atoms with Gasteiger partial charge in [-0.05, 0) is 54.8 Å². The van der Waals surface area contributed by atoms with E-state index in [1.54, 1.807) is 36.7 Å². The molecular formula is C24H19ClFN5O. The third kappa shape index (κ3) is 4.43. The van der Waals surface area contributed by atoms with Crippen LogP contribution in [0.25, 0.3) is 39.1 Å². The van der Waals surface area contributed by atoms with E-state index in [0.29, 0.717) is 49.7 Å². The van der Waals surface area contributed by atoms with E-state index < -0.39 is 5.82 Å². The Morgan fingerprint density at radius 1 is 1.09 bits per heavy atom. The molecule has 0 spiro atoms. The van der Waals surface area contributed by atoms with Crippen molar-refractivity contribution in [1.82, 2.24) is 25.1 Å². The zero-order valence-corrected chi connectivity index (χ0v) is 18.1. The summed E-state index contributed by atoms with van der Waals surface area (Å²) in [5, 5.41) is 7.33. The predicted octanol–water partition coefficient (Wildman–Crippen LogP) is 5.14. The summed E-state index contributed by atoms with van der Waals surface area (Å²) in [6, 6.07) is 9.76. The molecule has 0 radical (unpaired) electrons. The molecule has 8 heteroatoms. The maximum Gasteiger partial charge on any atom is 0.150 e. The van der Waals surface area contributed by atoms with Crippen molar-refractivity contribution >= 4 is 34.5 Å². The number of halogens is 2. The van der Waals surface area contributed by atoms with Crippen LogP contribution in [0.15, 0.2) is 67.1 Å². The molecule has 1 N–H and O–H groups in total. The van der Waals surface area contributed by atoms with Crippen molar-refractivity contribution in [3.05, 3.63) is 83.5 Å². The summed E-state index contributed by atoms with van der Waals surface area (Å²) in [6.07, 6.45) is 9.35. The van der Waals surface area contributed by atoms with Crippen molar-refractivity contribution in [3.63, 3.8) is 0 Å². The van der Waals surface area contributed by atoms with E-state index in [-0.39, 0.29) is 0 Å². The molecule has 3 aromatic heterocycles. The van der Waals surface area contributed by atoms with Gasteiger partial charge in [-0.3, -0.25) is 14.9 Å². The summed E-state index contributed by atoms with van der Waals surface area (Å²) >= 11 is 6.06. The Kier molecular flexibility index (Phi) is 6.09. The van der Waals surface area contributed by atoms with Crippen molar-refractivity contribution in [2.75, 3.05) is 14.1 Å². The largest absolute Gasteiger partial charge is 0.383 e. The number of benzene rings is 1. The predicted molar refractivity (Wildman–Crippen MR) is 124 cm³/mol. The number of allylic oxidation sites excluding steroid dienone is 3. The number of pyridine rings is 2. The van der Waals surface area contributed by atoms with Gasteiger partial charge >= 0.3 is 0 Å². The molecule has 4 rings (SSSR count). The van der Waals surface area contributed by atoms with Gasteiger partial charge in [-0.15, -0.1) is 0 Å². The van der Waals surface area contributed by atoms with Crippen LogP contribution < -0.4 is 0 Å². The van der Waals surface area contributed by atoms with Crippen molar-refractivity contribution in [3.8, 4) is 22.5 Å². The Morgan fingerprint density at radius 3 is 2.72 bits per heavy atom. The number of fused-ring (bicyclic) bond motifs is 1. The number of aromatic amines is 1. The number of nitrogens with one attached hydrogen (secondary N) is 1. The highest BCUT2D eigenvalue weighted by Crippen LogP contribution is 2.33. The SMILES string of the molecule is CN(C)/C=C\C=C(/C=O)c1cnc2ccc(-c3cn[nH]c3-c3cc(Cl)ccc3F)nc2c1. The third-order valence-corrected chi connectivity index (χ3v) is 5.01. The molecule has 0 unspecified atom stereocenters. The normalized spacial score (nSPS) is 11.9. The number of carbonyl (C=O) groups is 1. The minimum Gasteiger partial charge on any atom is -0.383 e. The van der Waals surface area contributed by atoms with E-state index in [4.69, 9.17) is 16.6 Å². The molecular weight excluding hydrogens is 429 g/mol. The van der Waals surface area contributed by atoms with E-state index in [2.05, 4.69) is 15.2 Å². The average Bonchev–Trinajstić information content (AvgIpc) is 3.27. The Bertz CT molecular complexity index is 1360. The van der Waals surface area contributed by atoms with Gasteiger partial charge in [0.05, 0.1) is 28.6 Å². The highest BCUT2D eigenvalue weighted by molar-refractivity contribution is 6.30. The first kappa shape index (κ1) is 21.4. The summed E-state index contributed by atoms with van der Waals surface area (Å²) in [7, 11) is 3.79. The number of hydrogen-bond donors (Lipinski definition) is 1. The van der Waals surface area contributed by atoms with Crippen molar-refractivity contribution in [2.24, 2.45) is 0 Å². The Balaban J connectivity index is 1.78. The molecule has 4 aromatic rings. The molecule has 3 heterocycles. The highest BCUT2D eigenvalue weighted by Gasteiger charge is 2.16. The first-order valence-corrected chi connectivity index (χ1v) is 10.1. The summed E-state index contributed by atoms with van der Waals surface area (Å²) in [4.78, 5) is 22.6. The Labute approximate surface area is 189 Å². The number of hydrogen-bond acceptors (Lipinski definition) is 5. The van der Waals surface area contributed by atoms with Crippen LogP contribution in [0.1, 0.15) is 5.56 Å². The van der Waals surface area contributed by atoms with Gasteiger partial charge in [-0.25, -0.2) is 9.37 Å². The standard InChI is InChI=1S/C24H19ClFN5O/c1-31(2)9-3-4-15(14-32)16-10-23-22(27-12-16)8-7-21(29-23)19-13-28-30-24(19)18-11-17(25)5-6-20(18)26/h3-14H,1-2H3,(H,28,30)/b9-3-,15-4+. The van der Waals surface area contributed by atoms with Gasteiger partial charge in [0.15, 0.2) is 6.29 Å². The lowest BCUT2D eigenvalue weighted by Gasteiger charge is -2.07. The second-order valence-corrected chi connectivity index (χ2v) is 7.72. The number of aldehydes is 1. The van der Waals surface area contributed by atoms with E-state index in [0.717, 1.165) is 6.29 Å². The van der Waals surface area contributed by atoms with Gasteiger partial charge in [0.2, 0.25) is 0 Å². The molecule has 0 fully saturated rings. The molecule has 0 saturated carbocycles. The van der Waals surface area contributed by atoms with Crippen LogP contribution in [-0.2, 0) is 4.79 Å². The molecule has 0 aliphatic heterocycles. The summed E-state index contributed by atoms with van der Waals surface area (Å²) in [5.41, 5.74) is 4.39. The third-order valence-electron chi connectivity index (χ3n) is 4.77. The maximum absolute atomic E-state index is 14.4. The zero-order chi connectivity index (χ0) is 22.7. The fourth-order valence-corrected chi connectivity index (χ4v) is 3.38. The van der Waals surface area contributed by atoms with Crippen molar-refractivity contribution in [1.29, 1.82) is 0 Å². The van der Waals surface area contributed by atoms with Crippen LogP contribution in [0, 0.1) is 5.82 Å². The molecule has 0 aliphatic rings.